The van der Waals surface area contributed by atoms with Crippen LogP contribution in [0.3, 0.4) is 0 Å². The quantitative estimate of drug-likeness (QED) is 0.907. The minimum atomic E-state index is -0.332. The summed E-state index contributed by atoms with van der Waals surface area (Å²) in [5.74, 6) is -0.465. The van der Waals surface area contributed by atoms with E-state index in [-0.39, 0.29) is 23.9 Å². The molecular weight excluding hydrogens is 271 g/mol. The number of ether oxygens (including phenoxy) is 1. The molecule has 21 heavy (non-hydrogen) atoms. The molecule has 1 heterocycles. The third kappa shape index (κ3) is 4.17. The molecule has 4 nitrogen and oxygen atoms in total. The molecule has 0 spiro atoms. The minimum Gasteiger partial charge on any atom is -0.378 e. The average Bonchev–Trinajstić information content (AvgIpc) is 2.90. The minimum absolute atomic E-state index is 0.00111. The van der Waals surface area contributed by atoms with Gasteiger partial charge in [0.1, 0.15) is 5.82 Å². The Labute approximate surface area is 125 Å². The van der Waals surface area contributed by atoms with Crippen molar-refractivity contribution in [2.45, 2.75) is 45.3 Å². The van der Waals surface area contributed by atoms with Crippen LogP contribution in [0.4, 0.5) is 15.8 Å². The van der Waals surface area contributed by atoms with E-state index >= 15 is 0 Å². The van der Waals surface area contributed by atoms with E-state index < -0.39 is 0 Å². The Balaban J connectivity index is 1.97. The molecule has 1 unspecified atom stereocenters. The molecule has 1 atom stereocenters. The largest absolute Gasteiger partial charge is 0.378 e. The highest BCUT2D eigenvalue weighted by molar-refractivity contribution is 5.91. The molecular formula is C16H23FN2O2. The van der Waals surface area contributed by atoms with Crippen LogP contribution in [0.25, 0.3) is 0 Å². The topological polar surface area (TPSA) is 41.6 Å². The maximum atomic E-state index is 14.1. The van der Waals surface area contributed by atoms with Crippen LogP contribution in [0.2, 0.25) is 0 Å². The molecule has 1 aromatic carbocycles. The smallest absolute Gasteiger partial charge is 0.226 e. The number of rotatable bonds is 5. The lowest BCUT2D eigenvalue weighted by Crippen LogP contribution is -2.26. The lowest BCUT2D eigenvalue weighted by Gasteiger charge is -2.24. The second kappa shape index (κ2) is 6.89. The Morgan fingerprint density at radius 1 is 1.52 bits per heavy atom. The number of carbonyl (C=O) groups excluding carboxylic acids is 1. The summed E-state index contributed by atoms with van der Waals surface area (Å²) in [6.45, 7) is 4.72. The van der Waals surface area contributed by atoms with Crippen molar-refractivity contribution >= 4 is 17.3 Å². The number of nitrogens with one attached hydrogen (secondary N) is 1. The van der Waals surface area contributed by atoms with Crippen molar-refractivity contribution in [1.82, 2.24) is 0 Å². The fourth-order valence-electron chi connectivity index (χ4n) is 2.37. The SMILES string of the molecule is CC(C)N(C)c1ccc(NC(=O)CC2CCCO2)cc1F. The third-order valence-electron chi connectivity index (χ3n) is 3.82. The number of hydrogen-bond acceptors (Lipinski definition) is 3. The first-order chi connectivity index (χ1) is 9.97. The van der Waals surface area contributed by atoms with E-state index in [1.807, 2.05) is 25.8 Å². The predicted molar refractivity (Wildman–Crippen MR) is 82.2 cm³/mol. The van der Waals surface area contributed by atoms with E-state index in [9.17, 15) is 9.18 Å². The monoisotopic (exact) mass is 294 g/mol. The van der Waals surface area contributed by atoms with Gasteiger partial charge in [-0.15, -0.1) is 0 Å². The van der Waals surface area contributed by atoms with Gasteiger partial charge in [-0.1, -0.05) is 0 Å². The number of carbonyl (C=O) groups is 1. The first-order valence-electron chi connectivity index (χ1n) is 7.41. The van der Waals surface area contributed by atoms with Crippen LogP contribution < -0.4 is 10.2 Å². The highest BCUT2D eigenvalue weighted by Crippen LogP contribution is 2.24. The van der Waals surface area contributed by atoms with Crippen LogP contribution >= 0.6 is 0 Å². The van der Waals surface area contributed by atoms with E-state index in [2.05, 4.69) is 5.32 Å². The molecule has 1 amide bonds. The molecule has 0 aliphatic carbocycles. The second-order valence-corrected chi connectivity index (χ2v) is 5.76. The maximum Gasteiger partial charge on any atom is 0.226 e. The molecule has 0 aromatic heterocycles. The molecule has 5 heteroatoms. The van der Waals surface area contributed by atoms with Gasteiger partial charge in [0, 0.05) is 25.4 Å². The first-order valence-corrected chi connectivity index (χ1v) is 7.41. The van der Waals surface area contributed by atoms with Gasteiger partial charge in [0.2, 0.25) is 5.91 Å². The van der Waals surface area contributed by atoms with Crippen LogP contribution in [-0.4, -0.2) is 31.7 Å². The number of halogens is 1. The van der Waals surface area contributed by atoms with Crippen LogP contribution in [-0.2, 0) is 9.53 Å². The number of anilines is 2. The summed E-state index contributed by atoms with van der Waals surface area (Å²) in [4.78, 5) is 13.7. The Morgan fingerprint density at radius 3 is 2.86 bits per heavy atom. The third-order valence-corrected chi connectivity index (χ3v) is 3.82. The lowest BCUT2D eigenvalue weighted by atomic mass is 10.1. The van der Waals surface area contributed by atoms with E-state index in [1.54, 1.807) is 12.1 Å². The number of benzene rings is 1. The molecule has 116 valence electrons. The average molecular weight is 294 g/mol. The molecule has 1 aromatic rings. The van der Waals surface area contributed by atoms with Gasteiger partial charge in [0.05, 0.1) is 18.2 Å². The van der Waals surface area contributed by atoms with Crippen molar-refractivity contribution in [2.24, 2.45) is 0 Å². The zero-order chi connectivity index (χ0) is 15.4. The fraction of sp³-hybridized carbons (Fsp3) is 0.562. The number of hydrogen-bond donors (Lipinski definition) is 1. The zero-order valence-corrected chi connectivity index (χ0v) is 12.9. The number of amides is 1. The van der Waals surface area contributed by atoms with Crippen molar-refractivity contribution < 1.29 is 13.9 Å². The van der Waals surface area contributed by atoms with Crippen LogP contribution in [0.5, 0.6) is 0 Å². The molecule has 0 bridgehead atoms. The fourth-order valence-corrected chi connectivity index (χ4v) is 2.37. The highest BCUT2D eigenvalue weighted by atomic mass is 19.1. The van der Waals surface area contributed by atoms with Crippen molar-refractivity contribution in [2.75, 3.05) is 23.9 Å². The van der Waals surface area contributed by atoms with Crippen molar-refractivity contribution in [3.05, 3.63) is 24.0 Å². The summed E-state index contributed by atoms with van der Waals surface area (Å²) in [6.07, 6.45) is 2.25. The first kappa shape index (κ1) is 15.8. The molecule has 2 rings (SSSR count). The van der Waals surface area contributed by atoms with E-state index in [0.29, 0.717) is 17.8 Å². The second-order valence-electron chi connectivity index (χ2n) is 5.76. The normalized spacial score (nSPS) is 18.0. The zero-order valence-electron chi connectivity index (χ0n) is 12.9. The van der Waals surface area contributed by atoms with Gasteiger partial charge in [-0.3, -0.25) is 4.79 Å². The Bertz CT molecular complexity index is 499. The Hall–Kier alpha value is -1.62. The van der Waals surface area contributed by atoms with Crippen LogP contribution in [0.1, 0.15) is 33.1 Å². The van der Waals surface area contributed by atoms with E-state index in [1.165, 1.54) is 6.07 Å². The Morgan fingerprint density at radius 2 is 2.29 bits per heavy atom. The van der Waals surface area contributed by atoms with Gasteiger partial charge in [-0.05, 0) is 44.9 Å². The van der Waals surface area contributed by atoms with E-state index in [0.717, 1.165) is 19.4 Å². The van der Waals surface area contributed by atoms with Gasteiger partial charge in [0.15, 0.2) is 0 Å². The molecule has 1 aliphatic rings. The summed E-state index contributed by atoms with van der Waals surface area (Å²) < 4.78 is 19.5. The van der Waals surface area contributed by atoms with Gasteiger partial charge >= 0.3 is 0 Å². The van der Waals surface area contributed by atoms with Gasteiger partial charge in [-0.2, -0.15) is 0 Å². The number of nitrogens with zero attached hydrogens (tertiary/aromatic N) is 1. The summed E-state index contributed by atoms with van der Waals surface area (Å²) in [5, 5.41) is 2.73. The summed E-state index contributed by atoms with van der Waals surface area (Å²) in [7, 11) is 1.85. The maximum absolute atomic E-state index is 14.1. The molecule has 1 aliphatic heterocycles. The van der Waals surface area contributed by atoms with Crippen LogP contribution in [0.15, 0.2) is 18.2 Å². The van der Waals surface area contributed by atoms with E-state index in [4.69, 9.17) is 4.74 Å². The summed E-state index contributed by atoms with van der Waals surface area (Å²) >= 11 is 0. The molecule has 0 radical (unpaired) electrons. The molecule has 1 fully saturated rings. The molecule has 1 N–H and O–H groups in total. The van der Waals surface area contributed by atoms with Gasteiger partial charge in [0.25, 0.3) is 0 Å². The summed E-state index contributed by atoms with van der Waals surface area (Å²) in [5.41, 5.74) is 1.01. The van der Waals surface area contributed by atoms with Gasteiger partial charge < -0.3 is 15.0 Å². The van der Waals surface area contributed by atoms with Crippen LogP contribution in [0, 0.1) is 5.82 Å². The predicted octanol–water partition coefficient (Wildman–Crippen LogP) is 3.18. The molecule has 1 saturated heterocycles. The Kier molecular flexibility index (Phi) is 5.17. The molecule has 0 saturated carbocycles. The lowest BCUT2D eigenvalue weighted by molar-refractivity contribution is -0.118. The van der Waals surface area contributed by atoms with Crippen molar-refractivity contribution in [3.8, 4) is 0 Å². The summed E-state index contributed by atoms with van der Waals surface area (Å²) in [6, 6.07) is 4.99. The van der Waals surface area contributed by atoms with Crippen molar-refractivity contribution in [3.63, 3.8) is 0 Å². The van der Waals surface area contributed by atoms with Crippen molar-refractivity contribution in [1.29, 1.82) is 0 Å². The standard InChI is InChI=1S/C16H23FN2O2/c1-11(2)19(3)15-7-6-12(9-14(15)17)18-16(20)10-13-5-4-8-21-13/h6-7,9,11,13H,4-5,8,10H2,1-3H3,(H,18,20). The highest BCUT2D eigenvalue weighted by Gasteiger charge is 2.19. The van der Waals surface area contributed by atoms with Gasteiger partial charge in [-0.25, -0.2) is 4.39 Å².